The highest BCUT2D eigenvalue weighted by Gasteiger charge is 2.29. The van der Waals surface area contributed by atoms with E-state index in [0.717, 1.165) is 25.1 Å². The number of hydrogen-bond acceptors (Lipinski definition) is 5. The summed E-state index contributed by atoms with van der Waals surface area (Å²) in [5.74, 6) is 0.0531. The van der Waals surface area contributed by atoms with Gasteiger partial charge in [0.1, 0.15) is 0 Å². The molecule has 1 atom stereocenters. The Bertz CT molecular complexity index is 618. The van der Waals surface area contributed by atoms with Gasteiger partial charge >= 0.3 is 0 Å². The molecule has 1 aromatic rings. The maximum Gasteiger partial charge on any atom is 0.220 e. The smallest absolute Gasteiger partial charge is 0.220 e. The number of rotatable bonds is 5. The Morgan fingerprint density at radius 3 is 2.90 bits per heavy atom. The van der Waals surface area contributed by atoms with Gasteiger partial charge in [-0.15, -0.1) is 0 Å². The standard InChI is InChI=1S/C13H20N4O3S/c1-3-21(19,20)15-8-11-7-14-9-12(16-11)13-5-4-6-17(13)10(2)18/h7,9,13,15H,3-6,8H2,1-2H3/t13-/m1/s1. The molecule has 1 aliphatic rings. The fourth-order valence-corrected chi connectivity index (χ4v) is 2.98. The molecule has 2 rings (SSSR count). The Kier molecular flexibility index (Phi) is 4.89. The number of nitrogens with zero attached hydrogens (tertiary/aromatic N) is 3. The third-order valence-electron chi connectivity index (χ3n) is 3.55. The van der Waals surface area contributed by atoms with E-state index in [4.69, 9.17) is 0 Å². The molecule has 1 amide bonds. The van der Waals surface area contributed by atoms with Crippen LogP contribution in [0.2, 0.25) is 0 Å². The summed E-state index contributed by atoms with van der Waals surface area (Å²) >= 11 is 0. The molecule has 21 heavy (non-hydrogen) atoms. The molecule has 0 saturated carbocycles. The van der Waals surface area contributed by atoms with Crippen LogP contribution < -0.4 is 4.72 Å². The lowest BCUT2D eigenvalue weighted by Gasteiger charge is -2.22. The molecule has 0 unspecified atom stereocenters. The van der Waals surface area contributed by atoms with Crippen molar-refractivity contribution in [3.05, 3.63) is 23.8 Å². The van der Waals surface area contributed by atoms with Gasteiger partial charge in [-0.3, -0.25) is 14.8 Å². The third-order valence-corrected chi connectivity index (χ3v) is 4.90. The van der Waals surface area contributed by atoms with E-state index in [2.05, 4.69) is 14.7 Å². The van der Waals surface area contributed by atoms with Gasteiger partial charge in [-0.1, -0.05) is 0 Å². The van der Waals surface area contributed by atoms with Gasteiger partial charge in [0.25, 0.3) is 0 Å². The van der Waals surface area contributed by atoms with Gasteiger partial charge in [0.15, 0.2) is 0 Å². The quantitative estimate of drug-likeness (QED) is 0.859. The summed E-state index contributed by atoms with van der Waals surface area (Å²) in [6.45, 7) is 3.97. The van der Waals surface area contributed by atoms with Gasteiger partial charge in [0.2, 0.25) is 15.9 Å². The lowest BCUT2D eigenvalue weighted by molar-refractivity contribution is -0.129. The Labute approximate surface area is 124 Å². The Balaban J connectivity index is 2.12. The highest BCUT2D eigenvalue weighted by Crippen LogP contribution is 2.30. The molecule has 0 bridgehead atoms. The number of hydrogen-bond donors (Lipinski definition) is 1. The highest BCUT2D eigenvalue weighted by molar-refractivity contribution is 7.89. The van der Waals surface area contributed by atoms with E-state index in [1.165, 1.54) is 6.20 Å². The van der Waals surface area contributed by atoms with Gasteiger partial charge < -0.3 is 4.90 Å². The zero-order chi connectivity index (χ0) is 15.5. The maximum atomic E-state index is 11.6. The third kappa shape index (κ3) is 3.98. The van der Waals surface area contributed by atoms with Gasteiger partial charge in [-0.25, -0.2) is 13.1 Å². The first-order chi connectivity index (χ1) is 9.93. The van der Waals surface area contributed by atoms with E-state index in [1.54, 1.807) is 24.9 Å². The minimum Gasteiger partial charge on any atom is -0.334 e. The van der Waals surface area contributed by atoms with E-state index in [0.29, 0.717) is 5.69 Å². The van der Waals surface area contributed by atoms with Crippen LogP contribution in [0.5, 0.6) is 0 Å². The summed E-state index contributed by atoms with van der Waals surface area (Å²) in [5.41, 5.74) is 1.27. The summed E-state index contributed by atoms with van der Waals surface area (Å²) in [6, 6.07) is -0.0577. The molecule has 1 N–H and O–H groups in total. The Morgan fingerprint density at radius 2 is 2.24 bits per heavy atom. The topological polar surface area (TPSA) is 92.3 Å². The molecule has 7 nitrogen and oxygen atoms in total. The number of nitrogens with one attached hydrogen (secondary N) is 1. The molecule has 0 radical (unpaired) electrons. The van der Waals surface area contributed by atoms with Crippen molar-refractivity contribution in [2.45, 2.75) is 39.3 Å². The SMILES string of the molecule is CCS(=O)(=O)NCc1cncc([C@H]2CCCN2C(C)=O)n1. The summed E-state index contributed by atoms with van der Waals surface area (Å²) in [4.78, 5) is 21.9. The number of carbonyl (C=O) groups is 1. The summed E-state index contributed by atoms with van der Waals surface area (Å²) in [6.07, 6.45) is 4.98. The molecule has 0 spiro atoms. The van der Waals surface area contributed by atoms with Crippen molar-refractivity contribution >= 4 is 15.9 Å². The van der Waals surface area contributed by atoms with Crippen molar-refractivity contribution in [1.29, 1.82) is 0 Å². The molecule has 1 saturated heterocycles. The maximum absolute atomic E-state index is 11.6. The van der Waals surface area contributed by atoms with Crippen molar-refractivity contribution < 1.29 is 13.2 Å². The number of sulfonamides is 1. The van der Waals surface area contributed by atoms with Crippen molar-refractivity contribution in [3.8, 4) is 0 Å². The lowest BCUT2D eigenvalue weighted by Crippen LogP contribution is -2.29. The van der Waals surface area contributed by atoms with Crippen LogP contribution in [0, 0.1) is 0 Å². The van der Waals surface area contributed by atoms with E-state index in [9.17, 15) is 13.2 Å². The fourth-order valence-electron chi connectivity index (χ4n) is 2.41. The molecule has 116 valence electrons. The van der Waals surface area contributed by atoms with Crippen LogP contribution in [0.4, 0.5) is 0 Å². The molecular weight excluding hydrogens is 292 g/mol. The molecule has 2 heterocycles. The summed E-state index contributed by atoms with van der Waals surface area (Å²) in [5, 5.41) is 0. The first-order valence-electron chi connectivity index (χ1n) is 6.98. The molecule has 1 aliphatic heterocycles. The van der Waals surface area contributed by atoms with Crippen LogP contribution in [0.3, 0.4) is 0 Å². The van der Waals surface area contributed by atoms with E-state index >= 15 is 0 Å². The molecule has 0 aliphatic carbocycles. The summed E-state index contributed by atoms with van der Waals surface area (Å²) < 4.78 is 25.4. The summed E-state index contributed by atoms with van der Waals surface area (Å²) in [7, 11) is -3.26. The minimum absolute atomic E-state index is 0.0244. The van der Waals surface area contributed by atoms with Crippen LogP contribution in [-0.4, -0.2) is 41.5 Å². The van der Waals surface area contributed by atoms with E-state index in [-0.39, 0.29) is 24.2 Å². The zero-order valence-electron chi connectivity index (χ0n) is 12.2. The van der Waals surface area contributed by atoms with Crippen molar-refractivity contribution in [2.75, 3.05) is 12.3 Å². The number of amides is 1. The average Bonchev–Trinajstić information content (AvgIpc) is 2.95. The molecule has 1 aromatic heterocycles. The lowest BCUT2D eigenvalue weighted by atomic mass is 10.1. The van der Waals surface area contributed by atoms with Crippen LogP contribution in [0.25, 0.3) is 0 Å². The van der Waals surface area contributed by atoms with Crippen molar-refractivity contribution in [1.82, 2.24) is 19.6 Å². The van der Waals surface area contributed by atoms with Crippen LogP contribution in [0.15, 0.2) is 12.4 Å². The van der Waals surface area contributed by atoms with Crippen LogP contribution >= 0.6 is 0 Å². The van der Waals surface area contributed by atoms with E-state index < -0.39 is 10.0 Å². The van der Waals surface area contributed by atoms with E-state index in [1.807, 2.05) is 0 Å². The number of aromatic nitrogens is 2. The highest BCUT2D eigenvalue weighted by atomic mass is 32.2. The molecule has 0 aromatic carbocycles. The second-order valence-corrected chi connectivity index (χ2v) is 7.13. The van der Waals surface area contributed by atoms with Crippen LogP contribution in [-0.2, 0) is 21.4 Å². The van der Waals surface area contributed by atoms with Crippen molar-refractivity contribution in [2.24, 2.45) is 0 Å². The van der Waals surface area contributed by atoms with Gasteiger partial charge in [-0.2, -0.15) is 0 Å². The second-order valence-electron chi connectivity index (χ2n) is 5.03. The van der Waals surface area contributed by atoms with Gasteiger partial charge in [-0.05, 0) is 19.8 Å². The molecule has 1 fully saturated rings. The number of likely N-dealkylation sites (tertiary alicyclic amines) is 1. The monoisotopic (exact) mass is 312 g/mol. The van der Waals surface area contributed by atoms with Gasteiger partial charge in [0, 0.05) is 19.7 Å². The normalized spacial score (nSPS) is 19.0. The average molecular weight is 312 g/mol. The Morgan fingerprint density at radius 1 is 1.48 bits per heavy atom. The predicted octanol–water partition coefficient (Wildman–Crippen LogP) is 0.599. The Hall–Kier alpha value is -1.54. The van der Waals surface area contributed by atoms with Gasteiger partial charge in [0.05, 0.1) is 35.9 Å². The molecular formula is C13H20N4O3S. The zero-order valence-corrected chi connectivity index (χ0v) is 13.1. The minimum atomic E-state index is -3.26. The first-order valence-corrected chi connectivity index (χ1v) is 8.63. The first kappa shape index (κ1) is 15.8. The number of carbonyl (C=O) groups excluding carboxylic acids is 1. The molecule has 8 heteroatoms. The predicted molar refractivity (Wildman–Crippen MR) is 77.7 cm³/mol. The fraction of sp³-hybridized carbons (Fsp3) is 0.615. The largest absolute Gasteiger partial charge is 0.334 e. The second kappa shape index (κ2) is 6.48. The van der Waals surface area contributed by atoms with Crippen molar-refractivity contribution in [3.63, 3.8) is 0 Å². The van der Waals surface area contributed by atoms with Crippen LogP contribution in [0.1, 0.15) is 44.1 Å².